The van der Waals surface area contributed by atoms with Crippen LogP contribution in [0.2, 0.25) is 5.02 Å². The number of hydrogen-bond acceptors (Lipinski definition) is 4. The second-order valence-corrected chi connectivity index (χ2v) is 12.1. The van der Waals surface area contributed by atoms with Crippen LogP contribution in [0.4, 0.5) is 13.2 Å². The zero-order valence-corrected chi connectivity index (χ0v) is 23.4. The molecule has 0 saturated heterocycles. The summed E-state index contributed by atoms with van der Waals surface area (Å²) in [5, 5.41) is 10.4. The number of halogens is 4. The number of carbonyl (C=O) groups excluding carboxylic acids is 1. The molecule has 1 heterocycles. The van der Waals surface area contributed by atoms with Crippen LogP contribution in [0.3, 0.4) is 0 Å². The molecular weight excluding hydrogens is 563 g/mol. The van der Waals surface area contributed by atoms with Crippen molar-refractivity contribution in [2.45, 2.75) is 50.2 Å². The second-order valence-electron chi connectivity index (χ2n) is 9.42. The van der Waals surface area contributed by atoms with Gasteiger partial charge in [-0.15, -0.1) is 0 Å². The highest BCUT2D eigenvalue weighted by Crippen LogP contribution is 2.35. The van der Waals surface area contributed by atoms with Gasteiger partial charge < -0.3 is 9.67 Å². The van der Waals surface area contributed by atoms with E-state index in [1.54, 1.807) is 37.3 Å². The number of carbonyl (C=O) groups is 1. The third kappa shape index (κ3) is 6.27. The maximum atomic E-state index is 13.7. The lowest BCUT2D eigenvalue weighted by atomic mass is 9.92. The van der Waals surface area contributed by atoms with Gasteiger partial charge in [-0.05, 0) is 66.6 Å². The fourth-order valence-corrected chi connectivity index (χ4v) is 5.80. The molecule has 4 rings (SSSR count). The smallest absolute Gasteiger partial charge is 0.396 e. The summed E-state index contributed by atoms with van der Waals surface area (Å²) < 4.78 is 83.4. The molecule has 10 heteroatoms. The molecule has 0 saturated carbocycles. The number of sulfone groups is 1. The standard InChI is InChI=1S/C30H29ClF3NO4S/c1-3-35-25(14-20-5-9-24(31)17-27(20)30(32,33)34)15-22-13-21(8-12-28(22)35)29(37)16-23(18-36)19-6-10-26(11-7-19)40(38,39)4-2/h5-13,15,17,23,36H,3-4,14,16,18H2,1-2H3/t23-/m0/s1/i3D2. The first kappa shape index (κ1) is 27.1. The SMILES string of the molecule is [2H]C([2H])(C)n1c(Cc2ccc(Cl)cc2C(F)(F)F)cc2cc(C(=O)C[C@@H](CO)c3ccc(S(=O)(=O)CC)cc3)ccc21. The summed E-state index contributed by atoms with van der Waals surface area (Å²) in [6.45, 7) is 0.517. The first-order valence-corrected chi connectivity index (χ1v) is 14.6. The van der Waals surface area contributed by atoms with Gasteiger partial charge in [0.05, 0.1) is 22.8 Å². The Morgan fingerprint density at radius 1 is 1.05 bits per heavy atom. The van der Waals surface area contributed by atoms with Crippen LogP contribution in [0.1, 0.15) is 61.7 Å². The van der Waals surface area contributed by atoms with E-state index in [4.69, 9.17) is 14.3 Å². The van der Waals surface area contributed by atoms with Crippen LogP contribution >= 0.6 is 11.6 Å². The Balaban J connectivity index is 1.67. The normalized spacial score (nSPS) is 14.2. The Morgan fingerprint density at radius 3 is 2.35 bits per heavy atom. The van der Waals surface area contributed by atoms with Gasteiger partial charge in [-0.1, -0.05) is 36.7 Å². The molecule has 3 aromatic carbocycles. The molecule has 0 amide bonds. The number of aryl methyl sites for hydroxylation is 1. The Labute approximate surface area is 238 Å². The lowest BCUT2D eigenvalue weighted by Gasteiger charge is -2.15. The van der Waals surface area contributed by atoms with Crippen LogP contribution in [-0.2, 0) is 28.9 Å². The zero-order valence-electron chi connectivity index (χ0n) is 23.8. The Hall–Kier alpha value is -3.14. The Bertz CT molecular complexity index is 1730. The molecule has 0 radical (unpaired) electrons. The molecule has 1 aromatic heterocycles. The van der Waals surface area contributed by atoms with E-state index in [0.29, 0.717) is 16.5 Å². The number of fused-ring (bicyclic) bond motifs is 1. The van der Waals surface area contributed by atoms with Gasteiger partial charge >= 0.3 is 6.18 Å². The summed E-state index contributed by atoms with van der Waals surface area (Å²) in [6.07, 6.45) is -4.97. The lowest BCUT2D eigenvalue weighted by molar-refractivity contribution is -0.138. The number of aromatic nitrogens is 1. The average Bonchev–Trinajstić information content (AvgIpc) is 3.29. The van der Waals surface area contributed by atoms with Crippen LogP contribution < -0.4 is 0 Å². The molecule has 4 aromatic rings. The minimum Gasteiger partial charge on any atom is -0.396 e. The van der Waals surface area contributed by atoms with E-state index in [2.05, 4.69) is 0 Å². The van der Waals surface area contributed by atoms with E-state index in [-0.39, 0.29) is 57.7 Å². The first-order chi connectivity index (χ1) is 19.5. The van der Waals surface area contributed by atoms with E-state index < -0.39 is 34.0 Å². The minimum absolute atomic E-state index is 0.0526. The quantitative estimate of drug-likeness (QED) is 0.200. The van der Waals surface area contributed by atoms with Crippen molar-refractivity contribution >= 4 is 38.1 Å². The van der Waals surface area contributed by atoms with Crippen LogP contribution in [-0.4, -0.2) is 36.2 Å². The average molecular weight is 594 g/mol. The molecule has 0 fully saturated rings. The molecular formula is C30H29ClF3NO4S. The Morgan fingerprint density at radius 2 is 1.75 bits per heavy atom. The third-order valence-electron chi connectivity index (χ3n) is 6.92. The van der Waals surface area contributed by atoms with E-state index in [9.17, 15) is 31.5 Å². The molecule has 0 bridgehead atoms. The molecule has 0 unspecified atom stereocenters. The fraction of sp³-hybridized carbons (Fsp3) is 0.300. The van der Waals surface area contributed by atoms with Gasteiger partial charge in [-0.25, -0.2) is 8.42 Å². The number of hydrogen-bond donors (Lipinski definition) is 1. The molecule has 0 aliphatic carbocycles. The summed E-state index contributed by atoms with van der Waals surface area (Å²) in [6, 6.07) is 15.7. The molecule has 40 heavy (non-hydrogen) atoms. The summed E-state index contributed by atoms with van der Waals surface area (Å²) in [7, 11) is -3.40. The molecule has 0 aliphatic rings. The van der Waals surface area contributed by atoms with Crippen molar-refractivity contribution in [3.8, 4) is 0 Å². The largest absolute Gasteiger partial charge is 0.416 e. The molecule has 0 spiro atoms. The van der Waals surface area contributed by atoms with Crippen molar-refractivity contribution in [2.24, 2.45) is 0 Å². The van der Waals surface area contributed by atoms with E-state index in [1.165, 1.54) is 41.8 Å². The predicted octanol–water partition coefficient (Wildman–Crippen LogP) is 7.07. The number of aliphatic hydroxyl groups is 1. The van der Waals surface area contributed by atoms with Gasteiger partial charge in [-0.2, -0.15) is 13.2 Å². The van der Waals surface area contributed by atoms with Crippen molar-refractivity contribution < 1.29 is 34.2 Å². The number of aliphatic hydroxyl groups excluding tert-OH is 1. The first-order valence-electron chi connectivity index (χ1n) is 13.5. The highest BCUT2D eigenvalue weighted by Gasteiger charge is 2.33. The summed E-state index contributed by atoms with van der Waals surface area (Å²) >= 11 is 5.82. The topological polar surface area (TPSA) is 76.4 Å². The van der Waals surface area contributed by atoms with Gasteiger partial charge in [0.15, 0.2) is 15.6 Å². The van der Waals surface area contributed by atoms with Gasteiger partial charge in [0.25, 0.3) is 0 Å². The van der Waals surface area contributed by atoms with Gasteiger partial charge in [-0.3, -0.25) is 4.79 Å². The number of alkyl halides is 3. The van der Waals surface area contributed by atoms with Crippen molar-refractivity contribution in [3.63, 3.8) is 0 Å². The summed E-state index contributed by atoms with van der Waals surface area (Å²) in [5.41, 5.74) is 0.593. The predicted molar refractivity (Wildman–Crippen MR) is 150 cm³/mol. The van der Waals surface area contributed by atoms with Crippen molar-refractivity contribution in [1.29, 1.82) is 0 Å². The van der Waals surface area contributed by atoms with Crippen LogP contribution in [0.5, 0.6) is 0 Å². The second kappa shape index (κ2) is 11.8. The van der Waals surface area contributed by atoms with Gasteiger partial charge in [0.2, 0.25) is 0 Å². The van der Waals surface area contributed by atoms with Crippen LogP contribution in [0.15, 0.2) is 71.6 Å². The summed E-state index contributed by atoms with van der Waals surface area (Å²) in [4.78, 5) is 13.4. The third-order valence-corrected chi connectivity index (χ3v) is 8.90. The highest BCUT2D eigenvalue weighted by molar-refractivity contribution is 7.91. The minimum atomic E-state index is -4.66. The Kier molecular flexibility index (Phi) is 7.96. The van der Waals surface area contributed by atoms with Crippen molar-refractivity contribution in [2.75, 3.05) is 12.4 Å². The number of ketones is 1. The number of benzene rings is 3. The summed E-state index contributed by atoms with van der Waals surface area (Å²) in [5.74, 6) is -0.961. The molecule has 0 aliphatic heterocycles. The molecule has 212 valence electrons. The van der Waals surface area contributed by atoms with Crippen LogP contribution in [0.25, 0.3) is 10.9 Å². The maximum absolute atomic E-state index is 13.7. The van der Waals surface area contributed by atoms with E-state index in [1.807, 2.05) is 0 Å². The fourth-order valence-electron chi connectivity index (χ4n) is 4.75. The van der Waals surface area contributed by atoms with Gasteiger partial charge in [0.1, 0.15) is 0 Å². The number of rotatable bonds is 10. The lowest BCUT2D eigenvalue weighted by Crippen LogP contribution is -2.12. The van der Waals surface area contributed by atoms with E-state index in [0.717, 1.165) is 6.07 Å². The monoisotopic (exact) mass is 593 g/mol. The molecule has 5 nitrogen and oxygen atoms in total. The highest BCUT2D eigenvalue weighted by atomic mass is 35.5. The zero-order chi connectivity index (χ0) is 31.0. The van der Waals surface area contributed by atoms with Crippen molar-refractivity contribution in [3.05, 3.63) is 99.7 Å². The molecule has 1 N–H and O–H groups in total. The van der Waals surface area contributed by atoms with Crippen molar-refractivity contribution in [1.82, 2.24) is 4.57 Å². The van der Waals surface area contributed by atoms with Gasteiger partial charge in [0, 0.05) is 55.2 Å². The number of Topliss-reactive ketones (excluding diaryl/α,β-unsaturated/α-hetero) is 1. The number of nitrogens with zero attached hydrogens (tertiary/aromatic N) is 1. The van der Waals surface area contributed by atoms with E-state index >= 15 is 0 Å². The molecule has 1 atom stereocenters. The van der Waals surface area contributed by atoms with Crippen LogP contribution in [0, 0.1) is 0 Å². The maximum Gasteiger partial charge on any atom is 0.416 e.